The predicted molar refractivity (Wildman–Crippen MR) is 101 cm³/mol. The van der Waals surface area contributed by atoms with Crippen molar-refractivity contribution in [1.82, 2.24) is 5.32 Å². The molecule has 0 saturated carbocycles. The number of benzene rings is 2. The first-order valence-electron chi connectivity index (χ1n) is 9.00. The molecular formula is C20H22FN3O3. The number of nitro groups is 1. The van der Waals surface area contributed by atoms with Crippen LogP contribution in [0.4, 0.5) is 15.8 Å². The van der Waals surface area contributed by atoms with Crippen LogP contribution >= 0.6 is 0 Å². The molecule has 6 nitrogen and oxygen atoms in total. The van der Waals surface area contributed by atoms with E-state index in [1.165, 1.54) is 18.2 Å². The first kappa shape index (κ1) is 18.8. The zero-order chi connectivity index (χ0) is 19.4. The predicted octanol–water partition coefficient (Wildman–Crippen LogP) is 3.90. The SMILES string of the molecule is C[C@H]1CCCN(c2ccc(C(=O)NCc3ccc(F)cc3)cc2[N+](=O)[O-])C1. The van der Waals surface area contributed by atoms with Gasteiger partial charge in [-0.25, -0.2) is 4.39 Å². The lowest BCUT2D eigenvalue weighted by Gasteiger charge is -2.32. The minimum Gasteiger partial charge on any atom is -0.366 e. The summed E-state index contributed by atoms with van der Waals surface area (Å²) in [4.78, 5) is 25.5. The first-order valence-corrected chi connectivity index (χ1v) is 9.00. The molecule has 2 aromatic rings. The van der Waals surface area contributed by atoms with E-state index in [1.807, 2.05) is 4.90 Å². The largest absolute Gasteiger partial charge is 0.366 e. The van der Waals surface area contributed by atoms with Crippen LogP contribution in [0.2, 0.25) is 0 Å². The Hall–Kier alpha value is -2.96. The minimum atomic E-state index is -0.439. The third kappa shape index (κ3) is 4.61. The molecule has 1 atom stereocenters. The van der Waals surface area contributed by atoms with Gasteiger partial charge in [0.25, 0.3) is 11.6 Å². The van der Waals surface area contributed by atoms with Crippen LogP contribution in [0.25, 0.3) is 0 Å². The molecule has 0 spiro atoms. The molecule has 27 heavy (non-hydrogen) atoms. The second-order valence-corrected chi connectivity index (χ2v) is 6.96. The number of piperidine rings is 1. The van der Waals surface area contributed by atoms with E-state index in [2.05, 4.69) is 12.2 Å². The average Bonchev–Trinajstić information content (AvgIpc) is 2.66. The highest BCUT2D eigenvalue weighted by Gasteiger charge is 2.25. The molecule has 0 aromatic heterocycles. The molecule has 0 bridgehead atoms. The summed E-state index contributed by atoms with van der Waals surface area (Å²) in [7, 11) is 0. The quantitative estimate of drug-likeness (QED) is 0.639. The van der Waals surface area contributed by atoms with Gasteiger partial charge in [0.05, 0.1) is 4.92 Å². The van der Waals surface area contributed by atoms with E-state index in [-0.39, 0.29) is 23.6 Å². The maximum Gasteiger partial charge on any atom is 0.293 e. The molecule has 142 valence electrons. The van der Waals surface area contributed by atoms with Crippen molar-refractivity contribution < 1.29 is 14.1 Å². The molecule has 3 rings (SSSR count). The number of carbonyl (C=O) groups excluding carboxylic acids is 1. The highest BCUT2D eigenvalue weighted by molar-refractivity contribution is 5.95. The summed E-state index contributed by atoms with van der Waals surface area (Å²) in [6.07, 6.45) is 2.12. The summed E-state index contributed by atoms with van der Waals surface area (Å²) < 4.78 is 12.9. The zero-order valence-electron chi connectivity index (χ0n) is 15.2. The van der Waals surface area contributed by atoms with Gasteiger partial charge in [-0.3, -0.25) is 14.9 Å². The monoisotopic (exact) mass is 371 g/mol. The third-order valence-electron chi connectivity index (χ3n) is 4.80. The van der Waals surface area contributed by atoms with Gasteiger partial charge in [-0.05, 0) is 48.6 Å². The Bertz CT molecular complexity index is 839. The highest BCUT2D eigenvalue weighted by atomic mass is 19.1. The number of halogens is 1. The minimum absolute atomic E-state index is 0.0569. The van der Waals surface area contributed by atoms with Gasteiger partial charge < -0.3 is 10.2 Å². The van der Waals surface area contributed by atoms with E-state index in [9.17, 15) is 19.3 Å². The lowest BCUT2D eigenvalue weighted by atomic mass is 9.99. The smallest absolute Gasteiger partial charge is 0.293 e. The van der Waals surface area contributed by atoms with Crippen LogP contribution in [0.5, 0.6) is 0 Å². The Morgan fingerprint density at radius 3 is 2.70 bits per heavy atom. The molecule has 1 amide bonds. The van der Waals surface area contributed by atoms with Crippen molar-refractivity contribution >= 4 is 17.3 Å². The number of carbonyl (C=O) groups is 1. The fourth-order valence-corrected chi connectivity index (χ4v) is 3.37. The normalized spacial score (nSPS) is 16.8. The van der Waals surface area contributed by atoms with Gasteiger partial charge in [0, 0.05) is 31.3 Å². The summed E-state index contributed by atoms with van der Waals surface area (Å²) in [6, 6.07) is 10.4. The lowest BCUT2D eigenvalue weighted by Crippen LogP contribution is -2.34. The number of amides is 1. The molecule has 1 N–H and O–H groups in total. The van der Waals surface area contributed by atoms with Gasteiger partial charge in [-0.1, -0.05) is 19.1 Å². The molecule has 7 heteroatoms. The van der Waals surface area contributed by atoms with E-state index in [0.717, 1.165) is 31.5 Å². The zero-order valence-corrected chi connectivity index (χ0v) is 15.2. The number of rotatable bonds is 5. The molecule has 0 aliphatic carbocycles. The van der Waals surface area contributed by atoms with Crippen molar-refractivity contribution in [3.8, 4) is 0 Å². The van der Waals surface area contributed by atoms with Crippen LogP contribution < -0.4 is 10.2 Å². The summed E-state index contributed by atoms with van der Waals surface area (Å²) >= 11 is 0. The number of hydrogen-bond acceptors (Lipinski definition) is 4. The fraction of sp³-hybridized carbons (Fsp3) is 0.350. The lowest BCUT2D eigenvalue weighted by molar-refractivity contribution is -0.384. The van der Waals surface area contributed by atoms with Gasteiger partial charge in [0.15, 0.2) is 0 Å². The summed E-state index contributed by atoms with van der Waals surface area (Å²) in [5, 5.41) is 14.3. The van der Waals surface area contributed by atoms with Gasteiger partial charge >= 0.3 is 0 Å². The van der Waals surface area contributed by atoms with Crippen molar-refractivity contribution in [3.63, 3.8) is 0 Å². The maximum absolute atomic E-state index is 12.9. The summed E-state index contributed by atoms with van der Waals surface area (Å²) in [5.41, 5.74) is 1.48. The standard InChI is InChI=1S/C20H22FN3O3/c1-14-3-2-10-23(13-14)18-9-6-16(11-19(18)24(26)27)20(25)22-12-15-4-7-17(21)8-5-15/h4-9,11,14H,2-3,10,12-13H2,1H3,(H,22,25)/t14-/m0/s1. The summed E-state index contributed by atoms with van der Waals surface area (Å²) in [6.45, 7) is 3.91. The average molecular weight is 371 g/mol. The molecule has 0 radical (unpaired) electrons. The highest BCUT2D eigenvalue weighted by Crippen LogP contribution is 2.32. The molecule has 0 unspecified atom stereocenters. The van der Waals surface area contributed by atoms with Crippen molar-refractivity contribution in [2.45, 2.75) is 26.3 Å². The number of anilines is 1. The van der Waals surface area contributed by atoms with Crippen LogP contribution in [0.3, 0.4) is 0 Å². The fourth-order valence-electron chi connectivity index (χ4n) is 3.37. The van der Waals surface area contributed by atoms with E-state index in [1.54, 1.807) is 24.3 Å². The Morgan fingerprint density at radius 2 is 2.04 bits per heavy atom. The number of nitro benzene ring substituents is 1. The van der Waals surface area contributed by atoms with E-state index >= 15 is 0 Å². The van der Waals surface area contributed by atoms with E-state index in [0.29, 0.717) is 11.6 Å². The Balaban J connectivity index is 1.75. The molecule has 1 aliphatic heterocycles. The van der Waals surface area contributed by atoms with E-state index in [4.69, 9.17) is 0 Å². The van der Waals surface area contributed by atoms with Gasteiger partial charge in [-0.15, -0.1) is 0 Å². The van der Waals surface area contributed by atoms with Crippen LogP contribution in [0, 0.1) is 21.8 Å². The third-order valence-corrected chi connectivity index (χ3v) is 4.80. The van der Waals surface area contributed by atoms with Gasteiger partial charge in [0.1, 0.15) is 11.5 Å². The van der Waals surface area contributed by atoms with Gasteiger partial charge in [-0.2, -0.15) is 0 Å². The second-order valence-electron chi connectivity index (χ2n) is 6.96. The van der Waals surface area contributed by atoms with Crippen molar-refractivity contribution in [2.75, 3.05) is 18.0 Å². The van der Waals surface area contributed by atoms with Crippen molar-refractivity contribution in [3.05, 3.63) is 69.5 Å². The number of nitrogens with one attached hydrogen (secondary N) is 1. The summed E-state index contributed by atoms with van der Waals surface area (Å²) in [5.74, 6) is -0.263. The van der Waals surface area contributed by atoms with Crippen LogP contribution in [0.1, 0.15) is 35.7 Å². The Labute approximate surface area is 157 Å². The molecule has 2 aromatic carbocycles. The van der Waals surface area contributed by atoms with Gasteiger partial charge in [0.2, 0.25) is 0 Å². The molecule has 1 heterocycles. The maximum atomic E-state index is 12.9. The Kier molecular flexibility index (Phi) is 5.69. The van der Waals surface area contributed by atoms with Crippen LogP contribution in [0.15, 0.2) is 42.5 Å². The van der Waals surface area contributed by atoms with Crippen LogP contribution in [-0.4, -0.2) is 23.9 Å². The first-order chi connectivity index (χ1) is 12.9. The molecular weight excluding hydrogens is 349 g/mol. The van der Waals surface area contributed by atoms with E-state index < -0.39 is 10.8 Å². The molecule has 1 fully saturated rings. The molecule has 1 saturated heterocycles. The number of hydrogen-bond donors (Lipinski definition) is 1. The van der Waals surface area contributed by atoms with Crippen molar-refractivity contribution in [2.24, 2.45) is 5.92 Å². The molecule has 1 aliphatic rings. The topological polar surface area (TPSA) is 75.5 Å². The van der Waals surface area contributed by atoms with Crippen molar-refractivity contribution in [1.29, 1.82) is 0 Å². The second kappa shape index (κ2) is 8.16. The van der Waals surface area contributed by atoms with Crippen LogP contribution in [-0.2, 0) is 6.54 Å². The Morgan fingerprint density at radius 1 is 1.30 bits per heavy atom. The number of nitrogens with zero attached hydrogens (tertiary/aromatic N) is 2.